The third kappa shape index (κ3) is 9.71. The van der Waals surface area contributed by atoms with Crippen LogP contribution in [0.2, 0.25) is 0 Å². The van der Waals surface area contributed by atoms with E-state index in [1.807, 2.05) is 73.6 Å². The Balaban J connectivity index is 0.00000648. The first-order valence-corrected chi connectivity index (χ1v) is 13.1. The Hall–Kier alpha value is -1.58. The maximum atomic E-state index is 13.5. The van der Waals surface area contributed by atoms with E-state index in [1.165, 1.54) is 0 Å². The first-order valence-electron chi connectivity index (χ1n) is 12.1. The van der Waals surface area contributed by atoms with Gasteiger partial charge in [-0.25, -0.2) is 0 Å². The van der Waals surface area contributed by atoms with Crippen LogP contribution in [0.25, 0.3) is 0 Å². The molecule has 2 aromatic rings. The molecule has 0 amide bonds. The minimum atomic E-state index is -0.532. The van der Waals surface area contributed by atoms with Crippen LogP contribution in [-0.4, -0.2) is 63.1 Å². The van der Waals surface area contributed by atoms with Gasteiger partial charge in [0.25, 0.3) is 0 Å². The van der Waals surface area contributed by atoms with Crippen LogP contribution in [0.3, 0.4) is 0 Å². The fourth-order valence-electron chi connectivity index (χ4n) is 3.65. The second kappa shape index (κ2) is 16.3. The van der Waals surface area contributed by atoms with Gasteiger partial charge in [0.15, 0.2) is 24.4 Å². The van der Waals surface area contributed by atoms with Crippen molar-refractivity contribution in [2.24, 2.45) is 0 Å². The molecule has 4 atom stereocenters. The summed E-state index contributed by atoms with van der Waals surface area (Å²) >= 11 is 0. The van der Waals surface area contributed by atoms with Crippen LogP contribution in [-0.2, 0) is 14.2 Å². The third-order valence-corrected chi connectivity index (χ3v) is 6.30. The van der Waals surface area contributed by atoms with Gasteiger partial charge in [-0.05, 0) is 75.1 Å². The Morgan fingerprint density at radius 1 is 0.778 bits per heavy atom. The molecule has 0 saturated heterocycles. The van der Waals surface area contributed by atoms with Crippen LogP contribution in [0.15, 0.2) is 30.3 Å². The Kier molecular flexibility index (Phi) is 14.7. The molecule has 9 heteroatoms. The molecule has 2 rings (SSSR count). The quantitative estimate of drug-likeness (QED) is 0.186. The fourth-order valence-corrected chi connectivity index (χ4v) is 4.90. The SMILES string of the molecule is CCOC(C)Oc1cc(OC(C)OCC)c(PC(=O)c2c(C)cccc2C)c(OC(C)OCC)c1.[LiH]. The summed E-state index contributed by atoms with van der Waals surface area (Å²) < 4.78 is 35.0. The van der Waals surface area contributed by atoms with Crippen LogP contribution in [0.4, 0.5) is 0 Å². The maximum absolute atomic E-state index is 13.5. The van der Waals surface area contributed by atoms with Crippen molar-refractivity contribution in [1.82, 2.24) is 0 Å². The zero-order valence-corrected chi connectivity index (χ0v) is 23.1. The summed E-state index contributed by atoms with van der Waals surface area (Å²) in [6, 6.07) is 9.35. The molecule has 0 aliphatic rings. The van der Waals surface area contributed by atoms with E-state index in [0.717, 1.165) is 11.1 Å². The van der Waals surface area contributed by atoms with Gasteiger partial charge < -0.3 is 28.4 Å². The number of carbonyl (C=O) groups is 1. The average Bonchev–Trinajstić information content (AvgIpc) is 2.76. The number of carbonyl (C=O) groups excluding carboxylic acids is 1. The van der Waals surface area contributed by atoms with Crippen molar-refractivity contribution in [3.8, 4) is 17.2 Å². The molecule has 0 fully saturated rings. The second-order valence-electron chi connectivity index (χ2n) is 7.94. The van der Waals surface area contributed by atoms with Crippen molar-refractivity contribution in [3.05, 3.63) is 47.0 Å². The second-order valence-corrected chi connectivity index (χ2v) is 9.14. The summed E-state index contributed by atoms with van der Waals surface area (Å²) in [4.78, 5) is 13.5. The summed E-state index contributed by atoms with van der Waals surface area (Å²) in [5.74, 6) is 1.42. The first kappa shape index (κ1) is 32.4. The zero-order chi connectivity index (χ0) is 26.0. The van der Waals surface area contributed by atoms with E-state index >= 15 is 0 Å². The summed E-state index contributed by atoms with van der Waals surface area (Å²) in [6.07, 6.45) is -1.54. The first-order chi connectivity index (χ1) is 16.7. The Morgan fingerprint density at radius 2 is 1.19 bits per heavy atom. The average molecular weight is 515 g/mol. The number of aryl methyl sites for hydroxylation is 2. The number of ether oxygens (including phenoxy) is 6. The molecule has 0 aliphatic carbocycles. The van der Waals surface area contributed by atoms with Crippen molar-refractivity contribution in [1.29, 1.82) is 0 Å². The van der Waals surface area contributed by atoms with Gasteiger partial charge in [-0.2, -0.15) is 0 Å². The van der Waals surface area contributed by atoms with E-state index < -0.39 is 18.9 Å². The fraction of sp³-hybridized carbons (Fsp3) is 0.519. The van der Waals surface area contributed by atoms with Gasteiger partial charge in [-0.1, -0.05) is 18.2 Å². The van der Waals surface area contributed by atoms with Gasteiger partial charge in [-0.15, -0.1) is 0 Å². The van der Waals surface area contributed by atoms with Crippen LogP contribution in [0, 0.1) is 13.8 Å². The van der Waals surface area contributed by atoms with Crippen LogP contribution >= 0.6 is 8.58 Å². The molecule has 4 unspecified atom stereocenters. The number of hydrogen-bond donors (Lipinski definition) is 0. The topological polar surface area (TPSA) is 72.5 Å². The third-order valence-electron chi connectivity index (χ3n) is 5.08. The van der Waals surface area contributed by atoms with E-state index in [1.54, 1.807) is 12.1 Å². The minimum absolute atomic E-state index is 0. The van der Waals surface area contributed by atoms with Gasteiger partial charge in [0.05, 0.1) is 5.30 Å². The summed E-state index contributed by atoms with van der Waals surface area (Å²) in [5, 5.41) is 0.632. The van der Waals surface area contributed by atoms with Crippen molar-refractivity contribution in [2.45, 2.75) is 74.3 Å². The molecule has 196 valence electrons. The zero-order valence-electron chi connectivity index (χ0n) is 22.1. The molecule has 0 bridgehead atoms. The molecular weight excluding hydrogens is 474 g/mol. The summed E-state index contributed by atoms with van der Waals surface area (Å²) in [7, 11) is -0.245. The molecule has 0 N–H and O–H groups in total. The predicted octanol–water partition coefficient (Wildman–Crippen LogP) is 5.08. The Morgan fingerprint density at radius 3 is 1.61 bits per heavy atom. The van der Waals surface area contributed by atoms with Gasteiger partial charge in [0.2, 0.25) is 0 Å². The van der Waals surface area contributed by atoms with Crippen LogP contribution in [0.1, 0.15) is 63.0 Å². The van der Waals surface area contributed by atoms with Gasteiger partial charge >= 0.3 is 18.9 Å². The van der Waals surface area contributed by atoms with Crippen molar-refractivity contribution < 1.29 is 33.2 Å². The molecule has 0 aromatic heterocycles. The molecule has 0 spiro atoms. The van der Waals surface area contributed by atoms with E-state index in [-0.39, 0.29) is 33.0 Å². The molecule has 0 radical (unpaired) electrons. The van der Waals surface area contributed by atoms with Gasteiger partial charge in [0.1, 0.15) is 17.2 Å². The van der Waals surface area contributed by atoms with Gasteiger partial charge in [0, 0.05) is 37.5 Å². The molecule has 7 nitrogen and oxygen atoms in total. The van der Waals surface area contributed by atoms with Crippen LogP contribution in [0.5, 0.6) is 17.2 Å². The molecule has 0 heterocycles. The molecule has 0 aliphatic heterocycles. The van der Waals surface area contributed by atoms with Crippen molar-refractivity contribution in [2.75, 3.05) is 19.8 Å². The van der Waals surface area contributed by atoms with E-state index in [4.69, 9.17) is 28.4 Å². The van der Waals surface area contributed by atoms with E-state index in [9.17, 15) is 4.79 Å². The molecule has 36 heavy (non-hydrogen) atoms. The Bertz CT molecular complexity index is 914. The Labute approximate surface area is 229 Å². The van der Waals surface area contributed by atoms with Gasteiger partial charge in [-0.3, -0.25) is 4.79 Å². The summed E-state index contributed by atoms with van der Waals surface area (Å²) in [6.45, 7) is 16.5. The standard InChI is InChI=1S/C27H39O7P.Li.H/c1-9-29-19(6)32-22-15-23(33-20(7)30-10-2)26(24(16-22)34-21(8)31-11-3)35-27(28)25-17(4)13-12-14-18(25)5;;/h12-16,19-21,35H,9-11H2,1-8H3;;. The predicted molar refractivity (Wildman–Crippen MR) is 147 cm³/mol. The number of benzene rings is 2. The molecule has 0 saturated carbocycles. The normalized spacial score (nSPS) is 13.7. The summed E-state index contributed by atoms with van der Waals surface area (Å²) in [5.41, 5.74) is 2.58. The monoisotopic (exact) mass is 514 g/mol. The van der Waals surface area contributed by atoms with Crippen LogP contribution < -0.4 is 19.5 Å². The van der Waals surface area contributed by atoms with Crippen molar-refractivity contribution in [3.63, 3.8) is 0 Å². The number of rotatable bonds is 15. The van der Waals surface area contributed by atoms with E-state index in [2.05, 4.69) is 0 Å². The number of hydrogen-bond acceptors (Lipinski definition) is 7. The molecular formula is C27H40LiO7P. The van der Waals surface area contributed by atoms with Crippen molar-refractivity contribution >= 4 is 38.3 Å². The molecule has 2 aromatic carbocycles. The van der Waals surface area contributed by atoms with E-state index in [0.29, 0.717) is 47.9 Å².